The molecule has 0 N–H and O–H groups in total. The van der Waals surface area contributed by atoms with Crippen molar-refractivity contribution < 1.29 is 0 Å². The molecule has 0 bridgehead atoms. The molecule has 0 atom stereocenters. The van der Waals surface area contributed by atoms with Gasteiger partial charge in [-0.1, -0.05) is 115 Å². The number of hydrogen-bond acceptors (Lipinski definition) is 0. The van der Waals surface area contributed by atoms with E-state index in [-0.39, 0.29) is 0 Å². The number of nitrogens with zero attached hydrogens (tertiary/aromatic N) is 3. The maximum Gasteiger partial charge on any atom is 0.0562 e. The molecule has 3 nitrogen and oxygen atoms in total. The molecule has 51 heavy (non-hydrogen) atoms. The predicted octanol–water partition coefficient (Wildman–Crippen LogP) is 12.6. The summed E-state index contributed by atoms with van der Waals surface area (Å²) in [7, 11) is 0. The lowest BCUT2D eigenvalue weighted by atomic mass is 10.0. The second-order valence-electron chi connectivity index (χ2n) is 13.4. The van der Waals surface area contributed by atoms with Gasteiger partial charge in [0.15, 0.2) is 0 Å². The first-order chi connectivity index (χ1) is 25.3. The predicted molar refractivity (Wildman–Crippen MR) is 215 cm³/mol. The van der Waals surface area contributed by atoms with Crippen LogP contribution in [0.3, 0.4) is 0 Å². The lowest BCUT2D eigenvalue weighted by Gasteiger charge is -2.12. The first-order valence-corrected chi connectivity index (χ1v) is 17.5. The van der Waals surface area contributed by atoms with Gasteiger partial charge in [0.05, 0.1) is 33.1 Å². The highest BCUT2D eigenvalue weighted by Gasteiger charge is 2.18. The summed E-state index contributed by atoms with van der Waals surface area (Å²) in [6, 6.07) is 68.4. The quantitative estimate of drug-likeness (QED) is 0.180. The van der Waals surface area contributed by atoms with Crippen molar-refractivity contribution in [2.24, 2.45) is 0 Å². The molecule has 0 aliphatic rings. The van der Waals surface area contributed by atoms with E-state index in [1.54, 1.807) is 0 Å². The number of hydrogen-bond donors (Lipinski definition) is 0. The van der Waals surface area contributed by atoms with Crippen LogP contribution in [-0.4, -0.2) is 13.7 Å². The second-order valence-corrected chi connectivity index (χ2v) is 13.4. The highest BCUT2D eigenvalue weighted by molar-refractivity contribution is 6.19. The monoisotopic (exact) mass is 649 g/mol. The fraction of sp³-hybridized carbons (Fsp3) is 0. The van der Waals surface area contributed by atoms with E-state index in [4.69, 9.17) is 0 Å². The van der Waals surface area contributed by atoms with Gasteiger partial charge < -0.3 is 13.7 Å². The Morgan fingerprint density at radius 3 is 0.941 bits per heavy atom. The van der Waals surface area contributed by atoms with Crippen molar-refractivity contribution in [1.29, 1.82) is 0 Å². The van der Waals surface area contributed by atoms with Gasteiger partial charge in [0.1, 0.15) is 0 Å². The summed E-state index contributed by atoms with van der Waals surface area (Å²) in [5.41, 5.74) is 13.2. The van der Waals surface area contributed by atoms with E-state index in [0.717, 1.165) is 11.4 Å². The van der Waals surface area contributed by atoms with Gasteiger partial charge in [-0.05, 0) is 83.9 Å². The maximum atomic E-state index is 2.42. The Bertz CT molecular complexity index is 3050. The minimum atomic E-state index is 1.15. The summed E-state index contributed by atoms with van der Waals surface area (Å²) in [5.74, 6) is 0. The average molecular weight is 650 g/mol. The van der Waals surface area contributed by atoms with Crippen molar-refractivity contribution in [3.8, 4) is 28.2 Å². The van der Waals surface area contributed by atoms with Crippen LogP contribution in [0, 0.1) is 0 Å². The van der Waals surface area contributed by atoms with E-state index in [1.165, 1.54) is 82.2 Å². The van der Waals surface area contributed by atoms with Crippen molar-refractivity contribution in [2.75, 3.05) is 0 Å². The molecular formula is C48H31N3. The van der Waals surface area contributed by atoms with Crippen LogP contribution in [0.2, 0.25) is 0 Å². The third-order valence-corrected chi connectivity index (χ3v) is 10.6. The van der Waals surface area contributed by atoms with Gasteiger partial charge >= 0.3 is 0 Å². The minimum absolute atomic E-state index is 1.15. The summed E-state index contributed by atoms with van der Waals surface area (Å²) in [6.45, 7) is 0. The number of rotatable bonds is 4. The van der Waals surface area contributed by atoms with Crippen LogP contribution in [0.4, 0.5) is 0 Å². The van der Waals surface area contributed by atoms with Gasteiger partial charge in [0.25, 0.3) is 0 Å². The van der Waals surface area contributed by atoms with E-state index in [0.29, 0.717) is 0 Å². The molecule has 0 aliphatic carbocycles. The van der Waals surface area contributed by atoms with Crippen molar-refractivity contribution in [3.05, 3.63) is 188 Å². The van der Waals surface area contributed by atoms with Crippen LogP contribution in [0.5, 0.6) is 0 Å². The van der Waals surface area contributed by atoms with Gasteiger partial charge in [-0.2, -0.15) is 0 Å². The summed E-state index contributed by atoms with van der Waals surface area (Å²) in [6.07, 6.45) is 0. The Labute approximate surface area is 294 Å². The molecule has 8 aromatic carbocycles. The standard InChI is InChI=1S/C48H31N3/c1-2-12-34(13-3-1)50-45-20-10-6-16-39(45)41-30-42-40-17-7-11-21-46(40)51(48(42)31-47(41)50)36-28-24-33(25-29-36)32-22-26-35(27-23-32)49-43-18-8-4-14-37(43)38-15-5-9-19-44(38)49/h1-31H. The molecule has 0 amide bonds. The molecule has 0 saturated heterocycles. The number of benzene rings is 8. The topological polar surface area (TPSA) is 14.8 Å². The number of aromatic nitrogens is 3. The normalized spacial score (nSPS) is 11.9. The zero-order valence-electron chi connectivity index (χ0n) is 27.7. The second kappa shape index (κ2) is 10.8. The maximum absolute atomic E-state index is 2.42. The zero-order chi connectivity index (χ0) is 33.5. The van der Waals surface area contributed by atoms with E-state index >= 15 is 0 Å². The van der Waals surface area contributed by atoms with Crippen LogP contribution in [0.15, 0.2) is 188 Å². The van der Waals surface area contributed by atoms with Gasteiger partial charge in [-0.15, -0.1) is 0 Å². The smallest absolute Gasteiger partial charge is 0.0562 e. The molecule has 3 heterocycles. The van der Waals surface area contributed by atoms with Gasteiger partial charge in [-0.25, -0.2) is 0 Å². The summed E-state index contributed by atoms with van der Waals surface area (Å²) in [4.78, 5) is 0. The summed E-state index contributed by atoms with van der Waals surface area (Å²) < 4.78 is 7.19. The van der Waals surface area contributed by atoms with Gasteiger partial charge in [0.2, 0.25) is 0 Å². The zero-order valence-corrected chi connectivity index (χ0v) is 27.7. The molecule has 3 aromatic heterocycles. The molecule has 11 rings (SSSR count). The van der Waals surface area contributed by atoms with E-state index < -0.39 is 0 Å². The van der Waals surface area contributed by atoms with Gasteiger partial charge in [-0.3, -0.25) is 0 Å². The Hall–Kier alpha value is -6.84. The summed E-state index contributed by atoms with van der Waals surface area (Å²) in [5, 5.41) is 7.61. The van der Waals surface area contributed by atoms with Gasteiger partial charge in [0, 0.05) is 49.4 Å². The fourth-order valence-electron chi connectivity index (χ4n) is 8.37. The first-order valence-electron chi connectivity index (χ1n) is 17.5. The van der Waals surface area contributed by atoms with Crippen LogP contribution in [0.1, 0.15) is 0 Å². The van der Waals surface area contributed by atoms with Crippen LogP contribution in [-0.2, 0) is 0 Å². The highest BCUT2D eigenvalue weighted by Crippen LogP contribution is 2.40. The largest absolute Gasteiger partial charge is 0.309 e. The minimum Gasteiger partial charge on any atom is -0.309 e. The van der Waals surface area contributed by atoms with Crippen molar-refractivity contribution in [2.45, 2.75) is 0 Å². The highest BCUT2D eigenvalue weighted by atomic mass is 15.0. The van der Waals surface area contributed by atoms with Crippen molar-refractivity contribution >= 4 is 65.4 Å². The van der Waals surface area contributed by atoms with Crippen molar-refractivity contribution in [1.82, 2.24) is 13.7 Å². The van der Waals surface area contributed by atoms with Crippen LogP contribution in [0.25, 0.3) is 93.6 Å². The number of para-hydroxylation sites is 5. The lowest BCUT2D eigenvalue weighted by Crippen LogP contribution is -1.96. The molecule has 0 saturated carbocycles. The molecule has 0 spiro atoms. The molecule has 0 radical (unpaired) electrons. The van der Waals surface area contributed by atoms with Crippen LogP contribution < -0.4 is 0 Å². The SMILES string of the molecule is c1ccc(-n2c3ccccc3c3cc4c5ccccc5n(-c5ccc(-c6ccc(-n7c8ccccc8c8ccccc87)cc6)cc5)c4cc32)cc1. The Kier molecular flexibility index (Phi) is 5.96. The molecule has 3 heteroatoms. The molecular weight excluding hydrogens is 619 g/mol. The third kappa shape index (κ3) is 4.12. The molecule has 0 fully saturated rings. The molecule has 11 aromatic rings. The first kappa shape index (κ1) is 28.0. The van der Waals surface area contributed by atoms with E-state index in [1.807, 2.05) is 0 Å². The number of fused-ring (bicyclic) bond motifs is 9. The Balaban J connectivity index is 1.04. The molecule has 0 unspecified atom stereocenters. The summed E-state index contributed by atoms with van der Waals surface area (Å²) >= 11 is 0. The van der Waals surface area contributed by atoms with Crippen molar-refractivity contribution in [3.63, 3.8) is 0 Å². The molecule has 0 aliphatic heterocycles. The lowest BCUT2D eigenvalue weighted by molar-refractivity contribution is 1.16. The van der Waals surface area contributed by atoms with E-state index in [9.17, 15) is 0 Å². The van der Waals surface area contributed by atoms with Crippen LogP contribution >= 0.6 is 0 Å². The van der Waals surface area contributed by atoms with E-state index in [2.05, 4.69) is 202 Å². The molecule has 238 valence electrons. The Morgan fingerprint density at radius 2 is 0.529 bits per heavy atom. The Morgan fingerprint density at radius 1 is 0.216 bits per heavy atom. The fourth-order valence-corrected chi connectivity index (χ4v) is 8.37. The third-order valence-electron chi connectivity index (χ3n) is 10.6. The average Bonchev–Trinajstić information content (AvgIpc) is 3.83.